The monoisotopic (exact) mass is 740 g/mol. The molecule has 0 atom stereocenters. The van der Waals surface area contributed by atoms with E-state index < -0.39 is 0 Å². The maximum absolute atomic E-state index is 5.81. The van der Waals surface area contributed by atoms with Gasteiger partial charge in [-0.3, -0.25) is 4.57 Å². The molecule has 5 heterocycles. The molecule has 9 aromatic carbocycles. The number of nitrogens with zero attached hydrogens (tertiary/aromatic N) is 4. The van der Waals surface area contributed by atoms with Gasteiger partial charge in [-0.25, -0.2) is 9.97 Å². The summed E-state index contributed by atoms with van der Waals surface area (Å²) in [5, 5.41) is 14.6. The van der Waals surface area contributed by atoms with E-state index in [-0.39, 0.29) is 0 Å². The van der Waals surface area contributed by atoms with Crippen LogP contribution in [-0.4, -0.2) is 18.9 Å². The van der Waals surface area contributed by atoms with Crippen LogP contribution >= 0.6 is 11.3 Å². The highest BCUT2D eigenvalue weighted by Gasteiger charge is 2.29. The van der Waals surface area contributed by atoms with Crippen LogP contribution in [0.4, 0.5) is 0 Å². The molecule has 0 saturated carbocycles. The maximum Gasteiger partial charge on any atom is 0.165 e. The van der Waals surface area contributed by atoms with E-state index in [0.717, 1.165) is 44.4 Å². The standard InChI is InChI=1S/C52H28N4S/c1-2-14-30(15-3-1)46-52(54-47-32-17-6-4-13-29(32)25-26-40(47)53-46)56-49-33-18-7-5-16-31(33)27-38-37-22-12-21-36-34-19-8-10-23-41(34)55(48(36)37)42-28-39-35-20-9-11-24-43(35)57-51(39)50(56)45(42)44(38)49/h1-28H. The molecule has 14 rings (SSSR count). The molecule has 0 spiro atoms. The lowest BCUT2D eigenvalue weighted by Crippen LogP contribution is -2.04. The van der Waals surface area contributed by atoms with E-state index in [9.17, 15) is 0 Å². The smallest absolute Gasteiger partial charge is 0.165 e. The van der Waals surface area contributed by atoms with Gasteiger partial charge in [0.05, 0.1) is 43.3 Å². The molecule has 0 radical (unpaired) electrons. The van der Waals surface area contributed by atoms with Gasteiger partial charge in [0, 0.05) is 58.7 Å². The molecular formula is C52H28N4S. The summed E-state index contributed by atoms with van der Waals surface area (Å²) < 4.78 is 7.58. The quantitative estimate of drug-likeness (QED) is 0.165. The molecule has 4 nitrogen and oxygen atoms in total. The van der Waals surface area contributed by atoms with E-state index in [4.69, 9.17) is 9.97 Å². The summed E-state index contributed by atoms with van der Waals surface area (Å²) in [6.45, 7) is 0. The van der Waals surface area contributed by atoms with Crippen LogP contribution in [-0.2, 0) is 0 Å². The molecule has 0 amide bonds. The fourth-order valence-corrected chi connectivity index (χ4v) is 11.2. The lowest BCUT2D eigenvalue weighted by Gasteiger charge is -2.16. The Morgan fingerprint density at radius 3 is 2.00 bits per heavy atom. The summed E-state index contributed by atoms with van der Waals surface area (Å²) in [4.78, 5) is 11.4. The molecule has 0 aliphatic rings. The zero-order valence-electron chi connectivity index (χ0n) is 30.4. The van der Waals surface area contributed by atoms with Crippen LogP contribution < -0.4 is 0 Å². The highest BCUT2D eigenvalue weighted by molar-refractivity contribution is 7.26. The second-order valence-corrected chi connectivity index (χ2v) is 16.3. The van der Waals surface area contributed by atoms with Crippen LogP contribution in [0.1, 0.15) is 0 Å². The van der Waals surface area contributed by atoms with Crippen molar-refractivity contribution >= 4 is 124 Å². The third-order valence-corrected chi connectivity index (χ3v) is 13.6. The Balaban J connectivity index is 1.36. The first-order valence-electron chi connectivity index (χ1n) is 19.4. The minimum atomic E-state index is 0.833. The molecule has 0 saturated heterocycles. The Kier molecular flexibility index (Phi) is 5.62. The Morgan fingerprint density at radius 1 is 0.421 bits per heavy atom. The van der Waals surface area contributed by atoms with Crippen molar-refractivity contribution in [1.29, 1.82) is 0 Å². The zero-order valence-corrected chi connectivity index (χ0v) is 31.2. The second-order valence-electron chi connectivity index (χ2n) is 15.3. The van der Waals surface area contributed by atoms with Crippen LogP contribution in [0, 0.1) is 0 Å². The lowest BCUT2D eigenvalue weighted by molar-refractivity contribution is 1.09. The predicted octanol–water partition coefficient (Wildman–Crippen LogP) is 14.2. The average molecular weight is 741 g/mol. The number of thiophene rings is 1. The number of rotatable bonds is 2. The molecule has 0 aliphatic heterocycles. The third kappa shape index (κ3) is 3.77. The fraction of sp³-hybridized carbons (Fsp3) is 0. The number of aromatic nitrogens is 4. The van der Waals surface area contributed by atoms with Crippen molar-refractivity contribution in [2.45, 2.75) is 0 Å². The first kappa shape index (κ1) is 29.9. The molecule has 0 bridgehead atoms. The summed E-state index contributed by atoms with van der Waals surface area (Å²) >= 11 is 1.88. The topological polar surface area (TPSA) is 35.1 Å². The molecular weight excluding hydrogens is 713 g/mol. The van der Waals surface area contributed by atoms with Crippen LogP contribution in [0.2, 0.25) is 0 Å². The summed E-state index contributed by atoms with van der Waals surface area (Å²) in [6, 6.07) is 61.9. The summed E-state index contributed by atoms with van der Waals surface area (Å²) in [5.74, 6) is 0.833. The predicted molar refractivity (Wildman–Crippen MR) is 242 cm³/mol. The third-order valence-electron chi connectivity index (χ3n) is 12.4. The van der Waals surface area contributed by atoms with Crippen LogP contribution in [0.3, 0.4) is 0 Å². The Labute approximate surface area is 328 Å². The molecule has 5 aromatic heterocycles. The first-order chi connectivity index (χ1) is 28.3. The number of fused-ring (bicyclic) bond motifs is 14. The number of hydrogen-bond donors (Lipinski definition) is 0. The van der Waals surface area contributed by atoms with Gasteiger partial charge in [0.1, 0.15) is 5.69 Å². The molecule has 0 aliphatic carbocycles. The van der Waals surface area contributed by atoms with Gasteiger partial charge in [0.2, 0.25) is 0 Å². The Morgan fingerprint density at radius 2 is 1.12 bits per heavy atom. The van der Waals surface area contributed by atoms with Gasteiger partial charge in [-0.05, 0) is 46.5 Å². The van der Waals surface area contributed by atoms with Gasteiger partial charge in [-0.2, -0.15) is 0 Å². The molecule has 0 unspecified atom stereocenters. The molecule has 14 aromatic rings. The fourth-order valence-electron chi connectivity index (χ4n) is 10.0. The summed E-state index contributed by atoms with van der Waals surface area (Å²) in [7, 11) is 0. The number of benzene rings is 9. The summed E-state index contributed by atoms with van der Waals surface area (Å²) in [6.07, 6.45) is 0. The van der Waals surface area contributed by atoms with E-state index in [2.05, 4.69) is 179 Å². The van der Waals surface area contributed by atoms with E-state index in [0.29, 0.717) is 0 Å². The van der Waals surface area contributed by atoms with Gasteiger partial charge >= 0.3 is 0 Å². The second kappa shape index (κ2) is 10.7. The lowest BCUT2D eigenvalue weighted by atomic mass is 9.98. The van der Waals surface area contributed by atoms with Crippen molar-refractivity contribution in [3.05, 3.63) is 170 Å². The number of hydrogen-bond acceptors (Lipinski definition) is 3. The van der Waals surface area contributed by atoms with Gasteiger partial charge in [0.25, 0.3) is 0 Å². The van der Waals surface area contributed by atoms with Crippen molar-refractivity contribution < 1.29 is 0 Å². The van der Waals surface area contributed by atoms with E-state index in [1.165, 1.54) is 85.3 Å². The normalized spacial score (nSPS) is 12.6. The largest absolute Gasteiger partial charge is 0.308 e. The Bertz CT molecular complexity index is 4040. The van der Waals surface area contributed by atoms with Gasteiger partial charge in [-0.15, -0.1) is 11.3 Å². The Hall–Kier alpha value is -7.34. The first-order valence-corrected chi connectivity index (χ1v) is 20.2. The van der Waals surface area contributed by atoms with Gasteiger partial charge < -0.3 is 4.40 Å². The van der Waals surface area contributed by atoms with Crippen molar-refractivity contribution in [2.75, 3.05) is 0 Å². The zero-order chi connectivity index (χ0) is 36.9. The van der Waals surface area contributed by atoms with Crippen molar-refractivity contribution in [2.24, 2.45) is 0 Å². The van der Waals surface area contributed by atoms with E-state index >= 15 is 0 Å². The minimum Gasteiger partial charge on any atom is -0.308 e. The van der Waals surface area contributed by atoms with E-state index in [1.54, 1.807) is 0 Å². The van der Waals surface area contributed by atoms with Crippen molar-refractivity contribution in [1.82, 2.24) is 18.9 Å². The highest BCUT2D eigenvalue weighted by atomic mass is 32.1. The molecule has 57 heavy (non-hydrogen) atoms. The molecule has 0 fully saturated rings. The van der Waals surface area contributed by atoms with Crippen LogP contribution in [0.25, 0.3) is 130 Å². The maximum atomic E-state index is 5.81. The number of para-hydroxylation sites is 2. The highest BCUT2D eigenvalue weighted by Crippen LogP contribution is 2.51. The average Bonchev–Trinajstić information content (AvgIpc) is 3.92. The van der Waals surface area contributed by atoms with Gasteiger partial charge in [-0.1, -0.05) is 140 Å². The van der Waals surface area contributed by atoms with E-state index in [1.807, 2.05) is 11.3 Å². The van der Waals surface area contributed by atoms with Crippen molar-refractivity contribution in [3.63, 3.8) is 0 Å². The SMILES string of the molecule is c1ccc(-c2nc3ccc4ccccc4c3nc2-n2c3c4ccccc4cc4c5cccc6c7ccccc7n(c7cc8c9ccccc9sc8c2c7c43)c56)cc1. The van der Waals surface area contributed by atoms with Gasteiger partial charge in [0.15, 0.2) is 5.82 Å². The minimum absolute atomic E-state index is 0.833. The van der Waals surface area contributed by atoms with Crippen molar-refractivity contribution in [3.8, 4) is 17.1 Å². The van der Waals surface area contributed by atoms with Crippen LogP contribution in [0.15, 0.2) is 170 Å². The molecule has 5 heteroatoms. The summed E-state index contributed by atoms with van der Waals surface area (Å²) in [5.41, 5.74) is 9.65. The van der Waals surface area contributed by atoms with Crippen LogP contribution in [0.5, 0.6) is 0 Å². The molecule has 0 N–H and O–H groups in total. The molecule has 262 valence electrons.